The van der Waals surface area contributed by atoms with Crippen molar-refractivity contribution in [2.75, 3.05) is 18.5 Å². The van der Waals surface area contributed by atoms with Crippen molar-refractivity contribution >= 4 is 21.6 Å². The van der Waals surface area contributed by atoms with Gasteiger partial charge in [-0.2, -0.15) is 4.39 Å². The Labute approximate surface area is 124 Å². The molecule has 2 rings (SSSR count). The number of aryl methyl sites for hydroxylation is 1. The van der Waals surface area contributed by atoms with Crippen LogP contribution in [0.2, 0.25) is 0 Å². The van der Waals surface area contributed by atoms with Crippen molar-refractivity contribution in [1.82, 2.24) is 0 Å². The van der Waals surface area contributed by atoms with Crippen LogP contribution in [0.15, 0.2) is 40.9 Å². The molecule has 2 aromatic carbocycles. The summed E-state index contributed by atoms with van der Waals surface area (Å²) in [7, 11) is 0. The second-order valence-corrected chi connectivity index (χ2v) is 5.26. The van der Waals surface area contributed by atoms with Crippen LogP contribution in [0.5, 0.6) is 5.75 Å². The zero-order valence-corrected chi connectivity index (χ0v) is 12.5. The number of hydrogen-bond acceptors (Lipinski definition) is 2. The van der Waals surface area contributed by atoms with Crippen LogP contribution in [-0.4, -0.2) is 13.2 Å². The largest absolute Gasteiger partial charge is 0.489 e. The summed E-state index contributed by atoms with van der Waals surface area (Å²) in [5, 5.41) is 3.15. The highest BCUT2D eigenvalue weighted by Gasteiger charge is 2.10. The second-order valence-electron chi connectivity index (χ2n) is 4.34. The fourth-order valence-electron chi connectivity index (χ4n) is 1.75. The molecule has 0 amide bonds. The molecule has 0 aromatic heterocycles. The maximum absolute atomic E-state index is 13.4. The van der Waals surface area contributed by atoms with Crippen LogP contribution < -0.4 is 10.1 Å². The van der Waals surface area contributed by atoms with E-state index in [9.17, 15) is 8.78 Å². The third-order valence-electron chi connectivity index (χ3n) is 2.67. The number of benzene rings is 2. The minimum absolute atomic E-state index is 0.0945. The molecule has 20 heavy (non-hydrogen) atoms. The minimum Gasteiger partial charge on any atom is -0.489 e. The first-order valence-electron chi connectivity index (χ1n) is 6.14. The Morgan fingerprint density at radius 1 is 1.20 bits per heavy atom. The van der Waals surface area contributed by atoms with E-state index in [1.54, 1.807) is 0 Å². The highest BCUT2D eigenvalue weighted by Crippen LogP contribution is 2.25. The first kappa shape index (κ1) is 14.8. The van der Waals surface area contributed by atoms with Crippen LogP contribution >= 0.6 is 15.9 Å². The molecule has 0 aliphatic heterocycles. The topological polar surface area (TPSA) is 21.3 Å². The molecule has 106 valence electrons. The van der Waals surface area contributed by atoms with Gasteiger partial charge in [-0.1, -0.05) is 28.1 Å². The van der Waals surface area contributed by atoms with Crippen molar-refractivity contribution in [1.29, 1.82) is 0 Å². The lowest BCUT2D eigenvalue weighted by atomic mass is 10.2. The zero-order chi connectivity index (χ0) is 14.5. The SMILES string of the molecule is Cc1cccc(NCCOc2cc(Br)cc(F)c2F)c1. The van der Waals surface area contributed by atoms with Crippen LogP contribution in [0.25, 0.3) is 0 Å². The van der Waals surface area contributed by atoms with Gasteiger partial charge in [0.1, 0.15) is 6.61 Å². The van der Waals surface area contributed by atoms with Crippen molar-refractivity contribution < 1.29 is 13.5 Å². The molecule has 0 atom stereocenters. The van der Waals surface area contributed by atoms with Gasteiger partial charge in [0, 0.05) is 16.7 Å². The fourth-order valence-corrected chi connectivity index (χ4v) is 2.16. The summed E-state index contributed by atoms with van der Waals surface area (Å²) in [6, 6.07) is 10.4. The molecule has 0 aliphatic rings. The highest BCUT2D eigenvalue weighted by molar-refractivity contribution is 9.10. The van der Waals surface area contributed by atoms with E-state index in [1.807, 2.05) is 31.2 Å². The van der Waals surface area contributed by atoms with E-state index in [4.69, 9.17) is 4.74 Å². The molecule has 0 heterocycles. The lowest BCUT2D eigenvalue weighted by molar-refractivity contribution is 0.308. The van der Waals surface area contributed by atoms with Gasteiger partial charge in [-0.3, -0.25) is 0 Å². The Hall–Kier alpha value is -1.62. The molecule has 2 aromatic rings. The standard InChI is InChI=1S/C15H14BrF2NO/c1-10-3-2-4-12(7-10)19-5-6-20-14-9-11(16)8-13(17)15(14)18/h2-4,7-9,19H,5-6H2,1H3. The average Bonchev–Trinajstić information content (AvgIpc) is 2.40. The van der Waals surface area contributed by atoms with Gasteiger partial charge in [0.2, 0.25) is 5.82 Å². The summed E-state index contributed by atoms with van der Waals surface area (Å²) in [5.41, 5.74) is 2.12. The van der Waals surface area contributed by atoms with Crippen LogP contribution in [0.3, 0.4) is 0 Å². The molecule has 0 saturated carbocycles. The van der Waals surface area contributed by atoms with Gasteiger partial charge in [0.15, 0.2) is 11.6 Å². The lowest BCUT2D eigenvalue weighted by Crippen LogP contribution is -2.12. The Morgan fingerprint density at radius 3 is 2.75 bits per heavy atom. The van der Waals surface area contributed by atoms with E-state index >= 15 is 0 Å². The Kier molecular flexibility index (Phi) is 4.95. The monoisotopic (exact) mass is 341 g/mol. The van der Waals surface area contributed by atoms with Crippen LogP contribution in [0, 0.1) is 18.6 Å². The Bertz CT molecular complexity index is 604. The van der Waals surface area contributed by atoms with Crippen molar-refractivity contribution in [2.45, 2.75) is 6.92 Å². The van der Waals surface area contributed by atoms with Crippen molar-refractivity contribution in [3.8, 4) is 5.75 Å². The van der Waals surface area contributed by atoms with Crippen LogP contribution in [-0.2, 0) is 0 Å². The molecule has 2 nitrogen and oxygen atoms in total. The molecular weight excluding hydrogens is 328 g/mol. The smallest absolute Gasteiger partial charge is 0.200 e. The highest BCUT2D eigenvalue weighted by atomic mass is 79.9. The molecule has 0 saturated heterocycles. The Balaban J connectivity index is 1.87. The van der Waals surface area contributed by atoms with E-state index in [0.717, 1.165) is 17.3 Å². The summed E-state index contributed by atoms with van der Waals surface area (Å²) in [6.45, 7) is 2.74. The molecule has 0 spiro atoms. The first-order chi connectivity index (χ1) is 9.56. The Morgan fingerprint density at radius 2 is 2.00 bits per heavy atom. The summed E-state index contributed by atoms with van der Waals surface area (Å²) < 4.78 is 32.3. The van der Waals surface area contributed by atoms with Crippen molar-refractivity contribution in [3.05, 3.63) is 58.1 Å². The predicted molar refractivity (Wildman–Crippen MR) is 79.2 cm³/mol. The molecule has 5 heteroatoms. The van der Waals surface area contributed by atoms with E-state index in [1.165, 1.54) is 6.07 Å². The number of nitrogens with one attached hydrogen (secondary N) is 1. The van der Waals surface area contributed by atoms with Gasteiger partial charge in [-0.05, 0) is 36.8 Å². The molecule has 0 aliphatic carbocycles. The zero-order valence-electron chi connectivity index (χ0n) is 10.9. The number of hydrogen-bond donors (Lipinski definition) is 1. The summed E-state index contributed by atoms with van der Waals surface area (Å²) in [4.78, 5) is 0. The van der Waals surface area contributed by atoms with E-state index in [2.05, 4.69) is 21.2 Å². The number of rotatable bonds is 5. The maximum atomic E-state index is 13.4. The number of anilines is 1. The van der Waals surface area contributed by atoms with Gasteiger partial charge < -0.3 is 10.1 Å². The van der Waals surface area contributed by atoms with Crippen LogP contribution in [0.4, 0.5) is 14.5 Å². The van der Waals surface area contributed by atoms with Crippen LogP contribution in [0.1, 0.15) is 5.56 Å². The van der Waals surface area contributed by atoms with E-state index < -0.39 is 11.6 Å². The van der Waals surface area contributed by atoms with Gasteiger partial charge in [-0.25, -0.2) is 4.39 Å². The van der Waals surface area contributed by atoms with Crippen molar-refractivity contribution in [3.63, 3.8) is 0 Å². The number of halogens is 3. The summed E-state index contributed by atoms with van der Waals surface area (Å²) in [5.74, 6) is -1.99. The van der Waals surface area contributed by atoms with Gasteiger partial charge in [0.05, 0.1) is 0 Å². The van der Waals surface area contributed by atoms with E-state index in [0.29, 0.717) is 11.0 Å². The first-order valence-corrected chi connectivity index (χ1v) is 6.93. The average molecular weight is 342 g/mol. The van der Waals surface area contributed by atoms with Gasteiger partial charge >= 0.3 is 0 Å². The minimum atomic E-state index is -0.969. The van der Waals surface area contributed by atoms with Crippen molar-refractivity contribution in [2.24, 2.45) is 0 Å². The third kappa shape index (κ3) is 3.93. The number of ether oxygens (including phenoxy) is 1. The molecule has 0 bridgehead atoms. The molecule has 0 radical (unpaired) electrons. The second kappa shape index (κ2) is 6.70. The molecule has 0 fully saturated rings. The van der Waals surface area contributed by atoms with Gasteiger partial charge in [-0.15, -0.1) is 0 Å². The summed E-state index contributed by atoms with van der Waals surface area (Å²) in [6.07, 6.45) is 0. The lowest BCUT2D eigenvalue weighted by Gasteiger charge is -2.10. The normalized spacial score (nSPS) is 10.4. The molecule has 1 N–H and O–H groups in total. The predicted octanol–water partition coefficient (Wildman–Crippen LogP) is 4.53. The molecular formula is C15H14BrF2NO. The fraction of sp³-hybridized carbons (Fsp3) is 0.200. The third-order valence-corrected chi connectivity index (χ3v) is 3.12. The quantitative estimate of drug-likeness (QED) is 0.637. The van der Waals surface area contributed by atoms with E-state index in [-0.39, 0.29) is 12.4 Å². The summed E-state index contributed by atoms with van der Waals surface area (Å²) >= 11 is 3.10. The van der Waals surface area contributed by atoms with Gasteiger partial charge in [0.25, 0.3) is 0 Å². The molecule has 0 unspecified atom stereocenters. The maximum Gasteiger partial charge on any atom is 0.200 e.